The maximum Gasteiger partial charge on any atom is 0.255 e. The van der Waals surface area contributed by atoms with Crippen LogP contribution in [0, 0.1) is 12.3 Å². The van der Waals surface area contributed by atoms with E-state index in [4.69, 9.17) is 10.3 Å². The maximum absolute atomic E-state index is 11.4. The molecule has 5 nitrogen and oxygen atoms in total. The fourth-order valence-corrected chi connectivity index (χ4v) is 1.84. The van der Waals surface area contributed by atoms with Crippen LogP contribution in [0.25, 0.3) is 0 Å². The second kappa shape index (κ2) is 4.67. The number of nitrogens with one attached hydrogen (secondary N) is 1. The van der Waals surface area contributed by atoms with Gasteiger partial charge in [-0.05, 0) is 6.92 Å². The van der Waals surface area contributed by atoms with E-state index in [9.17, 15) is 4.79 Å². The van der Waals surface area contributed by atoms with Crippen LogP contribution in [0.1, 0.15) is 19.5 Å². The van der Waals surface area contributed by atoms with Crippen molar-refractivity contribution in [2.75, 3.05) is 5.75 Å². The first-order valence-corrected chi connectivity index (χ1v) is 5.50. The Morgan fingerprint density at radius 3 is 2.87 bits per heavy atom. The fraction of sp³-hybridized carbons (Fsp3) is 0.556. The average Bonchev–Trinajstić information content (AvgIpc) is 2.60. The highest BCUT2D eigenvalue weighted by molar-refractivity contribution is 7.99. The molecule has 0 fully saturated rings. The molecule has 1 aromatic heterocycles. The summed E-state index contributed by atoms with van der Waals surface area (Å²) in [4.78, 5) is 15.5. The molecule has 0 unspecified atom stereocenters. The number of aromatic nitrogens is 1. The predicted molar refractivity (Wildman–Crippen MR) is 58.1 cm³/mol. The Morgan fingerprint density at radius 1 is 1.73 bits per heavy atom. The summed E-state index contributed by atoms with van der Waals surface area (Å²) in [7, 11) is 0. The van der Waals surface area contributed by atoms with E-state index in [1.54, 1.807) is 6.26 Å². The third-order valence-corrected chi connectivity index (χ3v) is 3.20. The summed E-state index contributed by atoms with van der Waals surface area (Å²) in [5, 5.41) is 0.574. The number of amides is 1. The van der Waals surface area contributed by atoms with Gasteiger partial charge in [0.15, 0.2) is 0 Å². The third-order valence-electron chi connectivity index (χ3n) is 1.90. The van der Waals surface area contributed by atoms with Crippen LogP contribution in [-0.4, -0.2) is 16.6 Å². The first-order chi connectivity index (χ1) is 6.95. The average molecular weight is 229 g/mol. The minimum Gasteiger partial charge on any atom is -0.440 e. The number of aryl methyl sites for hydroxylation is 1. The molecular formula is C9H15N3O2S. The third kappa shape index (κ3) is 3.24. The van der Waals surface area contributed by atoms with Crippen molar-refractivity contribution < 1.29 is 9.21 Å². The van der Waals surface area contributed by atoms with E-state index in [1.807, 2.05) is 20.8 Å². The van der Waals surface area contributed by atoms with Crippen molar-refractivity contribution in [3.8, 4) is 0 Å². The minimum atomic E-state index is -0.540. The molecule has 0 aliphatic carbocycles. The first-order valence-electron chi connectivity index (χ1n) is 4.51. The highest BCUT2D eigenvalue weighted by Gasteiger charge is 2.27. The number of hydrogen-bond donors (Lipinski definition) is 2. The first kappa shape index (κ1) is 12.1. The van der Waals surface area contributed by atoms with Gasteiger partial charge in [-0.25, -0.2) is 10.8 Å². The number of nitrogens with zero attached hydrogens (tertiary/aromatic N) is 1. The van der Waals surface area contributed by atoms with Crippen LogP contribution >= 0.6 is 11.8 Å². The second-order valence-corrected chi connectivity index (χ2v) is 4.83. The number of hydrazine groups is 1. The Bertz CT molecular complexity index is 349. The lowest BCUT2D eigenvalue weighted by atomic mass is 9.96. The Balaban J connectivity index is 2.53. The molecule has 0 spiro atoms. The number of nitrogens with two attached hydrogens (primary N) is 1. The van der Waals surface area contributed by atoms with Gasteiger partial charge in [0.25, 0.3) is 5.22 Å². The van der Waals surface area contributed by atoms with Crippen LogP contribution in [0.3, 0.4) is 0 Å². The molecule has 0 aromatic carbocycles. The molecule has 1 amide bonds. The summed E-state index contributed by atoms with van der Waals surface area (Å²) in [6.45, 7) is 5.49. The van der Waals surface area contributed by atoms with Crippen LogP contribution in [-0.2, 0) is 4.79 Å². The van der Waals surface area contributed by atoms with E-state index in [1.165, 1.54) is 11.8 Å². The van der Waals surface area contributed by atoms with Gasteiger partial charge in [0, 0.05) is 5.75 Å². The highest BCUT2D eigenvalue weighted by Crippen LogP contribution is 2.26. The monoisotopic (exact) mass is 229 g/mol. The molecule has 0 aliphatic rings. The molecule has 84 valence electrons. The quantitative estimate of drug-likeness (QED) is 0.349. The molecule has 15 heavy (non-hydrogen) atoms. The van der Waals surface area contributed by atoms with Crippen LogP contribution in [0.5, 0.6) is 0 Å². The SMILES string of the molecule is Cc1coc(SCC(C)(C)C(=O)NN)n1. The molecule has 0 bridgehead atoms. The van der Waals surface area contributed by atoms with Gasteiger partial charge in [-0.1, -0.05) is 25.6 Å². The number of thioether (sulfide) groups is 1. The summed E-state index contributed by atoms with van der Waals surface area (Å²) in [6, 6.07) is 0. The Kier molecular flexibility index (Phi) is 3.76. The van der Waals surface area contributed by atoms with Gasteiger partial charge in [0.05, 0.1) is 11.1 Å². The van der Waals surface area contributed by atoms with E-state index in [0.717, 1.165) is 5.69 Å². The Hall–Kier alpha value is -1.01. The van der Waals surface area contributed by atoms with Crippen molar-refractivity contribution in [3.63, 3.8) is 0 Å². The minimum absolute atomic E-state index is 0.196. The van der Waals surface area contributed by atoms with E-state index in [-0.39, 0.29) is 5.91 Å². The molecule has 0 saturated carbocycles. The van der Waals surface area contributed by atoms with Crippen molar-refractivity contribution in [3.05, 3.63) is 12.0 Å². The van der Waals surface area contributed by atoms with Crippen molar-refractivity contribution in [1.29, 1.82) is 0 Å². The molecule has 0 aliphatic heterocycles. The number of carbonyl (C=O) groups excluding carboxylic acids is 1. The van der Waals surface area contributed by atoms with Gasteiger partial charge in [-0.15, -0.1) is 0 Å². The zero-order valence-corrected chi connectivity index (χ0v) is 9.85. The number of oxazole rings is 1. The van der Waals surface area contributed by atoms with Crippen molar-refractivity contribution >= 4 is 17.7 Å². The lowest BCUT2D eigenvalue weighted by Gasteiger charge is -2.20. The number of rotatable bonds is 4. The molecule has 6 heteroatoms. The smallest absolute Gasteiger partial charge is 0.255 e. The fourth-order valence-electron chi connectivity index (χ4n) is 0.902. The van der Waals surface area contributed by atoms with Gasteiger partial charge in [-0.3, -0.25) is 10.2 Å². The molecule has 1 rings (SSSR count). The molecule has 0 atom stereocenters. The molecular weight excluding hydrogens is 214 g/mol. The molecule has 1 heterocycles. The van der Waals surface area contributed by atoms with E-state index in [0.29, 0.717) is 11.0 Å². The summed E-state index contributed by atoms with van der Waals surface area (Å²) in [5.41, 5.74) is 2.44. The van der Waals surface area contributed by atoms with Gasteiger partial charge in [0.2, 0.25) is 5.91 Å². The van der Waals surface area contributed by atoms with Gasteiger partial charge in [-0.2, -0.15) is 0 Å². The van der Waals surface area contributed by atoms with Gasteiger partial charge >= 0.3 is 0 Å². The zero-order valence-electron chi connectivity index (χ0n) is 9.03. The van der Waals surface area contributed by atoms with Crippen LogP contribution in [0.4, 0.5) is 0 Å². The van der Waals surface area contributed by atoms with Gasteiger partial charge in [0.1, 0.15) is 6.26 Å². The molecule has 0 radical (unpaired) electrons. The lowest BCUT2D eigenvalue weighted by Crippen LogP contribution is -2.42. The van der Waals surface area contributed by atoms with E-state index < -0.39 is 5.41 Å². The second-order valence-electron chi connectivity index (χ2n) is 3.90. The summed E-state index contributed by atoms with van der Waals surface area (Å²) in [5.74, 6) is 5.45. The zero-order chi connectivity index (χ0) is 11.5. The van der Waals surface area contributed by atoms with Crippen LogP contribution in [0.15, 0.2) is 15.9 Å². The van der Waals surface area contributed by atoms with Crippen LogP contribution in [0.2, 0.25) is 0 Å². The summed E-state index contributed by atoms with van der Waals surface area (Å²) < 4.78 is 5.16. The standard InChI is InChI=1S/C9H15N3O2S/c1-6-4-14-8(11-6)15-5-9(2,3)7(13)12-10/h4H,5,10H2,1-3H3,(H,12,13). The Labute approximate surface area is 92.8 Å². The number of carbonyl (C=O) groups is 1. The lowest BCUT2D eigenvalue weighted by molar-refractivity contribution is -0.128. The topological polar surface area (TPSA) is 81.2 Å². The number of hydrogen-bond acceptors (Lipinski definition) is 5. The summed E-state index contributed by atoms with van der Waals surface area (Å²) >= 11 is 1.40. The predicted octanol–water partition coefficient (Wildman–Crippen LogP) is 1.09. The highest BCUT2D eigenvalue weighted by atomic mass is 32.2. The van der Waals surface area contributed by atoms with E-state index >= 15 is 0 Å². The van der Waals surface area contributed by atoms with E-state index in [2.05, 4.69) is 10.4 Å². The maximum atomic E-state index is 11.4. The largest absolute Gasteiger partial charge is 0.440 e. The van der Waals surface area contributed by atoms with Crippen molar-refractivity contribution in [2.24, 2.45) is 11.3 Å². The molecule has 0 saturated heterocycles. The Morgan fingerprint density at radius 2 is 2.40 bits per heavy atom. The van der Waals surface area contributed by atoms with Crippen LogP contribution < -0.4 is 11.3 Å². The van der Waals surface area contributed by atoms with Crippen molar-refractivity contribution in [2.45, 2.75) is 26.0 Å². The van der Waals surface area contributed by atoms with Gasteiger partial charge < -0.3 is 4.42 Å². The van der Waals surface area contributed by atoms with Crippen molar-refractivity contribution in [1.82, 2.24) is 10.4 Å². The molecule has 1 aromatic rings. The normalized spacial score (nSPS) is 11.5. The molecule has 3 N–H and O–H groups in total. The summed E-state index contributed by atoms with van der Waals surface area (Å²) in [6.07, 6.45) is 1.58.